The van der Waals surface area contributed by atoms with Crippen LogP contribution in [0.4, 0.5) is 26.3 Å². The summed E-state index contributed by atoms with van der Waals surface area (Å²) in [6, 6.07) is 7.87. The molecule has 2 aromatic carbocycles. The van der Waals surface area contributed by atoms with Crippen LogP contribution in [0.25, 0.3) is 10.9 Å². The molecule has 2 aliphatic heterocycles. The van der Waals surface area contributed by atoms with Crippen molar-refractivity contribution in [3.63, 3.8) is 0 Å². The van der Waals surface area contributed by atoms with Crippen LogP contribution in [-0.4, -0.2) is 76.8 Å². The lowest BCUT2D eigenvalue weighted by Crippen LogP contribution is -2.57. The van der Waals surface area contributed by atoms with Gasteiger partial charge in [0.1, 0.15) is 0 Å². The Kier molecular flexibility index (Phi) is 8.93. The van der Waals surface area contributed by atoms with E-state index in [0.29, 0.717) is 31.6 Å². The van der Waals surface area contributed by atoms with Gasteiger partial charge in [0.2, 0.25) is 5.91 Å². The summed E-state index contributed by atoms with van der Waals surface area (Å²) in [4.78, 5) is 34.6. The SMILES string of the molecule is Cl.O=C(CN1CCN(C(=O)c2cc(C(F)(F)F)cc(C(F)(F)F)c2)C(Cc2c[nH]c3ccccc23)C1)N1CCCC1. The number of hydrogen-bond acceptors (Lipinski definition) is 3. The van der Waals surface area contributed by atoms with Crippen LogP contribution in [0.15, 0.2) is 48.7 Å². The molecule has 0 aliphatic carbocycles. The van der Waals surface area contributed by atoms with Gasteiger partial charge in [-0.3, -0.25) is 14.5 Å². The number of benzene rings is 2. The third-order valence-electron chi connectivity index (χ3n) is 7.61. The summed E-state index contributed by atoms with van der Waals surface area (Å²) in [5, 5.41) is 0.901. The maximum atomic E-state index is 13.6. The molecule has 2 fully saturated rings. The molecule has 0 spiro atoms. The van der Waals surface area contributed by atoms with Crippen molar-refractivity contribution in [1.29, 1.82) is 0 Å². The van der Waals surface area contributed by atoms with E-state index in [4.69, 9.17) is 0 Å². The van der Waals surface area contributed by atoms with E-state index in [0.717, 1.165) is 29.3 Å². The number of rotatable bonds is 5. The monoisotopic (exact) mass is 602 g/mol. The Labute approximate surface area is 238 Å². The zero-order chi connectivity index (χ0) is 28.7. The maximum Gasteiger partial charge on any atom is 0.416 e. The molecule has 3 heterocycles. The molecule has 2 aliphatic rings. The number of hydrogen-bond donors (Lipinski definition) is 1. The predicted molar refractivity (Wildman–Crippen MR) is 143 cm³/mol. The number of aromatic nitrogens is 1. The number of carbonyl (C=O) groups is 2. The van der Waals surface area contributed by atoms with Crippen LogP contribution >= 0.6 is 12.4 Å². The van der Waals surface area contributed by atoms with Crippen LogP contribution in [0.5, 0.6) is 0 Å². The standard InChI is InChI=1S/C28H28F6N4O2.ClH/c29-27(30,31)20-11-18(12-21(14-20)28(32,33)34)26(40)38-10-9-36(17-25(39)37-7-3-4-8-37)16-22(38)13-19-15-35-24-6-2-1-5-23(19)24;/h1-2,5-6,11-12,14-15,22,35H,3-4,7-10,13,16-17H2;1H. The second-order valence-electron chi connectivity index (χ2n) is 10.3. The molecular weight excluding hydrogens is 574 g/mol. The van der Waals surface area contributed by atoms with E-state index in [1.54, 1.807) is 11.1 Å². The first-order valence-corrected chi connectivity index (χ1v) is 13.1. The van der Waals surface area contributed by atoms with Crippen LogP contribution in [-0.2, 0) is 23.6 Å². The molecule has 41 heavy (non-hydrogen) atoms. The number of alkyl halides is 6. The van der Waals surface area contributed by atoms with Crippen molar-refractivity contribution in [1.82, 2.24) is 19.7 Å². The molecule has 3 aromatic rings. The van der Waals surface area contributed by atoms with Crippen molar-refractivity contribution in [3.8, 4) is 0 Å². The lowest BCUT2D eigenvalue weighted by Gasteiger charge is -2.42. The first-order valence-electron chi connectivity index (χ1n) is 13.1. The average Bonchev–Trinajstić information content (AvgIpc) is 3.58. The lowest BCUT2D eigenvalue weighted by atomic mass is 9.98. The maximum absolute atomic E-state index is 13.6. The fourth-order valence-electron chi connectivity index (χ4n) is 5.56. The van der Waals surface area contributed by atoms with Gasteiger partial charge in [0, 0.05) is 61.4 Å². The number of aromatic amines is 1. The molecule has 13 heteroatoms. The van der Waals surface area contributed by atoms with Gasteiger partial charge in [0.25, 0.3) is 5.91 Å². The summed E-state index contributed by atoms with van der Waals surface area (Å²) in [5.41, 5.74) is -2.03. The van der Waals surface area contributed by atoms with Crippen LogP contribution in [0.3, 0.4) is 0 Å². The lowest BCUT2D eigenvalue weighted by molar-refractivity contribution is -0.143. The number of para-hydroxylation sites is 1. The minimum absolute atomic E-state index is 0. The highest BCUT2D eigenvalue weighted by Crippen LogP contribution is 2.37. The van der Waals surface area contributed by atoms with E-state index in [1.807, 2.05) is 29.2 Å². The van der Waals surface area contributed by atoms with E-state index in [-0.39, 0.29) is 50.6 Å². The van der Waals surface area contributed by atoms with E-state index in [1.165, 1.54) is 4.90 Å². The Morgan fingerprint density at radius 1 is 0.878 bits per heavy atom. The number of fused-ring (bicyclic) bond motifs is 1. The highest BCUT2D eigenvalue weighted by atomic mass is 35.5. The Hall–Kier alpha value is -3.25. The number of nitrogens with one attached hydrogen (secondary N) is 1. The van der Waals surface area contributed by atoms with Gasteiger partial charge in [-0.25, -0.2) is 0 Å². The smallest absolute Gasteiger partial charge is 0.361 e. The molecule has 5 rings (SSSR count). The summed E-state index contributed by atoms with van der Waals surface area (Å²) in [6.07, 6.45) is -6.16. The van der Waals surface area contributed by atoms with Gasteiger partial charge < -0.3 is 14.8 Å². The van der Waals surface area contributed by atoms with Crippen molar-refractivity contribution in [3.05, 3.63) is 70.9 Å². The number of piperazine rings is 1. The van der Waals surface area contributed by atoms with Gasteiger partial charge in [0.15, 0.2) is 0 Å². The first-order chi connectivity index (χ1) is 18.9. The zero-order valence-corrected chi connectivity index (χ0v) is 22.7. The fraction of sp³-hybridized carbons (Fsp3) is 0.429. The Morgan fingerprint density at radius 2 is 1.51 bits per heavy atom. The van der Waals surface area contributed by atoms with Gasteiger partial charge in [0.05, 0.1) is 17.7 Å². The number of carbonyl (C=O) groups excluding carboxylic acids is 2. The third kappa shape index (κ3) is 6.81. The minimum atomic E-state index is -5.06. The molecule has 0 saturated carbocycles. The molecule has 2 amide bonds. The molecular formula is C28H29ClF6N4O2. The number of H-pyrrole nitrogens is 1. The second-order valence-corrected chi connectivity index (χ2v) is 10.3. The van der Waals surface area contributed by atoms with Crippen LogP contribution < -0.4 is 0 Å². The molecule has 1 unspecified atom stereocenters. The number of nitrogens with zero attached hydrogens (tertiary/aromatic N) is 3. The summed E-state index contributed by atoms with van der Waals surface area (Å²) in [7, 11) is 0. The van der Waals surface area contributed by atoms with Gasteiger partial charge >= 0.3 is 12.4 Å². The van der Waals surface area contributed by atoms with Gasteiger partial charge in [-0.1, -0.05) is 18.2 Å². The molecule has 1 atom stereocenters. The molecule has 6 nitrogen and oxygen atoms in total. The molecule has 1 N–H and O–H groups in total. The Bertz CT molecular complexity index is 1370. The van der Waals surface area contributed by atoms with Gasteiger partial charge in [-0.05, 0) is 49.1 Å². The normalized spacial score (nSPS) is 18.5. The molecule has 0 radical (unpaired) electrons. The quantitative estimate of drug-likeness (QED) is 0.386. The van der Waals surface area contributed by atoms with Crippen LogP contribution in [0.2, 0.25) is 0 Å². The third-order valence-corrected chi connectivity index (χ3v) is 7.61. The first kappa shape index (κ1) is 30.7. The summed E-state index contributed by atoms with van der Waals surface area (Å²) >= 11 is 0. The Balaban J connectivity index is 0.00000387. The van der Waals surface area contributed by atoms with Crippen molar-refractivity contribution in [2.24, 2.45) is 0 Å². The summed E-state index contributed by atoms with van der Waals surface area (Å²) < 4.78 is 80.9. The molecule has 222 valence electrons. The van der Waals surface area contributed by atoms with E-state index in [2.05, 4.69) is 4.98 Å². The summed E-state index contributed by atoms with van der Waals surface area (Å²) in [5.74, 6) is -0.942. The molecule has 0 bridgehead atoms. The number of amides is 2. The van der Waals surface area contributed by atoms with E-state index < -0.39 is 41.0 Å². The topological polar surface area (TPSA) is 59.7 Å². The van der Waals surface area contributed by atoms with Gasteiger partial charge in [-0.2, -0.15) is 26.3 Å². The van der Waals surface area contributed by atoms with Crippen LogP contribution in [0.1, 0.15) is 39.9 Å². The minimum Gasteiger partial charge on any atom is -0.361 e. The largest absolute Gasteiger partial charge is 0.416 e. The van der Waals surface area contributed by atoms with E-state index >= 15 is 0 Å². The van der Waals surface area contributed by atoms with Crippen LogP contribution in [0, 0.1) is 0 Å². The number of halogens is 7. The highest BCUT2D eigenvalue weighted by Gasteiger charge is 2.39. The van der Waals surface area contributed by atoms with Crippen molar-refractivity contribution in [2.75, 3.05) is 39.3 Å². The van der Waals surface area contributed by atoms with Gasteiger partial charge in [-0.15, -0.1) is 12.4 Å². The number of likely N-dealkylation sites (tertiary alicyclic amines) is 1. The predicted octanol–water partition coefficient (Wildman–Crippen LogP) is 5.62. The second kappa shape index (κ2) is 11.9. The summed E-state index contributed by atoms with van der Waals surface area (Å²) in [6.45, 7) is 2.07. The molecule has 1 aromatic heterocycles. The average molecular weight is 603 g/mol. The highest BCUT2D eigenvalue weighted by molar-refractivity contribution is 5.95. The Morgan fingerprint density at radius 3 is 2.15 bits per heavy atom. The van der Waals surface area contributed by atoms with Crippen molar-refractivity contribution < 1.29 is 35.9 Å². The van der Waals surface area contributed by atoms with Crippen molar-refractivity contribution in [2.45, 2.75) is 37.7 Å². The zero-order valence-electron chi connectivity index (χ0n) is 21.9. The fourth-order valence-corrected chi connectivity index (χ4v) is 5.56. The van der Waals surface area contributed by atoms with Crippen molar-refractivity contribution >= 4 is 35.1 Å². The van der Waals surface area contributed by atoms with E-state index in [9.17, 15) is 35.9 Å². The molecule has 2 saturated heterocycles.